The van der Waals surface area contributed by atoms with Gasteiger partial charge in [0.2, 0.25) is 0 Å². The molecule has 1 N–H and O–H groups in total. The van der Waals surface area contributed by atoms with Crippen molar-refractivity contribution < 1.29 is 0 Å². The molecule has 1 nitrogen and oxygen atoms in total. The quantitative estimate of drug-likeness (QED) is 0.843. The molecule has 0 amide bonds. The number of nitrogens with one attached hydrogen (secondary N) is 1. The molecule has 2 aromatic carbocycles. The van der Waals surface area contributed by atoms with Crippen molar-refractivity contribution in [2.45, 2.75) is 32.7 Å². The van der Waals surface area contributed by atoms with Crippen LogP contribution in [0.5, 0.6) is 0 Å². The summed E-state index contributed by atoms with van der Waals surface area (Å²) < 4.78 is 0. The van der Waals surface area contributed by atoms with Crippen molar-refractivity contribution in [1.29, 1.82) is 0 Å². The van der Waals surface area contributed by atoms with E-state index in [-0.39, 0.29) is 0 Å². The lowest BCUT2D eigenvalue weighted by molar-refractivity contribution is 0.462. The highest BCUT2D eigenvalue weighted by molar-refractivity contribution is 5.54. The molecule has 0 aliphatic carbocycles. The van der Waals surface area contributed by atoms with Crippen LogP contribution in [-0.4, -0.2) is 6.04 Å². The molecule has 0 saturated carbocycles. The minimum absolute atomic E-state index is 0.539. The largest absolute Gasteiger partial charge is 0.381 e. The number of rotatable bonds is 2. The molecule has 0 saturated heterocycles. The third-order valence-electron chi connectivity index (χ3n) is 4.13. The maximum absolute atomic E-state index is 3.71. The topological polar surface area (TPSA) is 12.0 Å². The monoisotopic (exact) mass is 251 g/mol. The Morgan fingerprint density at radius 1 is 1.11 bits per heavy atom. The first-order chi connectivity index (χ1) is 9.22. The molecule has 0 spiro atoms. The second-order valence-electron chi connectivity index (χ2n) is 5.78. The molecule has 19 heavy (non-hydrogen) atoms. The van der Waals surface area contributed by atoms with E-state index in [0.29, 0.717) is 12.0 Å². The Bertz CT molecular complexity index is 573. The van der Waals surface area contributed by atoms with E-state index in [1.807, 2.05) is 0 Å². The first-order valence-corrected chi connectivity index (χ1v) is 7.12. The van der Waals surface area contributed by atoms with E-state index < -0.39 is 0 Å². The molecule has 98 valence electrons. The standard InChI is InChI=1S/C18H21N/c1-13-6-5-7-15(10-13)12-18-14(2)11-16-8-3-4-9-17(16)19-18/h3-10,14,18-19H,11-12H2,1-2H3. The molecule has 0 aromatic heterocycles. The van der Waals surface area contributed by atoms with Gasteiger partial charge in [0.25, 0.3) is 0 Å². The van der Waals surface area contributed by atoms with Gasteiger partial charge in [-0.25, -0.2) is 0 Å². The van der Waals surface area contributed by atoms with E-state index in [1.165, 1.54) is 28.8 Å². The van der Waals surface area contributed by atoms with Crippen LogP contribution in [0.25, 0.3) is 0 Å². The van der Waals surface area contributed by atoms with Gasteiger partial charge in [-0.05, 0) is 42.9 Å². The molecular formula is C18H21N. The number of benzene rings is 2. The normalized spacial score (nSPS) is 21.6. The van der Waals surface area contributed by atoms with E-state index >= 15 is 0 Å². The highest BCUT2D eigenvalue weighted by Gasteiger charge is 2.24. The molecule has 0 bridgehead atoms. The van der Waals surface area contributed by atoms with Crippen LogP contribution in [0.1, 0.15) is 23.6 Å². The molecule has 2 aromatic rings. The van der Waals surface area contributed by atoms with Crippen LogP contribution in [0, 0.1) is 12.8 Å². The first kappa shape index (κ1) is 12.3. The Hall–Kier alpha value is -1.76. The van der Waals surface area contributed by atoms with Gasteiger partial charge < -0.3 is 5.32 Å². The van der Waals surface area contributed by atoms with E-state index in [2.05, 4.69) is 67.7 Å². The van der Waals surface area contributed by atoms with Gasteiger partial charge in [-0.1, -0.05) is 55.0 Å². The average molecular weight is 251 g/mol. The van der Waals surface area contributed by atoms with Gasteiger partial charge >= 0.3 is 0 Å². The van der Waals surface area contributed by atoms with E-state index in [1.54, 1.807) is 0 Å². The van der Waals surface area contributed by atoms with Gasteiger partial charge in [0.1, 0.15) is 0 Å². The fourth-order valence-electron chi connectivity index (χ4n) is 3.02. The Morgan fingerprint density at radius 3 is 2.79 bits per heavy atom. The zero-order valence-electron chi connectivity index (χ0n) is 11.7. The third kappa shape index (κ3) is 2.65. The maximum Gasteiger partial charge on any atom is 0.0375 e. The molecule has 1 aliphatic rings. The fourth-order valence-corrected chi connectivity index (χ4v) is 3.02. The maximum atomic E-state index is 3.71. The van der Waals surface area contributed by atoms with Crippen molar-refractivity contribution in [2.75, 3.05) is 5.32 Å². The van der Waals surface area contributed by atoms with Crippen molar-refractivity contribution in [3.63, 3.8) is 0 Å². The molecule has 2 unspecified atom stereocenters. The molecule has 1 heterocycles. The van der Waals surface area contributed by atoms with Crippen LogP contribution >= 0.6 is 0 Å². The number of aryl methyl sites for hydroxylation is 1. The summed E-state index contributed by atoms with van der Waals surface area (Å²) >= 11 is 0. The summed E-state index contributed by atoms with van der Waals surface area (Å²) in [4.78, 5) is 0. The summed E-state index contributed by atoms with van der Waals surface area (Å²) in [6.07, 6.45) is 2.29. The van der Waals surface area contributed by atoms with E-state index in [0.717, 1.165) is 6.42 Å². The Morgan fingerprint density at radius 2 is 1.95 bits per heavy atom. The van der Waals surface area contributed by atoms with E-state index in [4.69, 9.17) is 0 Å². The summed E-state index contributed by atoms with van der Waals surface area (Å²) in [6, 6.07) is 18.1. The zero-order chi connectivity index (χ0) is 13.2. The smallest absolute Gasteiger partial charge is 0.0375 e. The number of para-hydroxylation sites is 1. The predicted octanol–water partition coefficient (Wildman–Crippen LogP) is 4.21. The summed E-state index contributed by atoms with van der Waals surface area (Å²) in [6.45, 7) is 4.51. The summed E-state index contributed by atoms with van der Waals surface area (Å²) in [7, 11) is 0. The predicted molar refractivity (Wildman–Crippen MR) is 81.6 cm³/mol. The van der Waals surface area contributed by atoms with Gasteiger partial charge in [0.05, 0.1) is 0 Å². The zero-order valence-corrected chi connectivity index (χ0v) is 11.7. The van der Waals surface area contributed by atoms with Gasteiger partial charge in [0.15, 0.2) is 0 Å². The number of fused-ring (bicyclic) bond motifs is 1. The molecule has 1 aliphatic heterocycles. The van der Waals surface area contributed by atoms with Gasteiger partial charge in [-0.15, -0.1) is 0 Å². The summed E-state index contributed by atoms with van der Waals surface area (Å²) in [5.41, 5.74) is 5.55. The van der Waals surface area contributed by atoms with Crippen LogP contribution in [0.2, 0.25) is 0 Å². The highest BCUT2D eigenvalue weighted by Crippen LogP contribution is 2.29. The van der Waals surface area contributed by atoms with Gasteiger partial charge in [0, 0.05) is 11.7 Å². The molecule has 0 fully saturated rings. The first-order valence-electron chi connectivity index (χ1n) is 7.12. The lowest BCUT2D eigenvalue weighted by Gasteiger charge is -2.33. The minimum Gasteiger partial charge on any atom is -0.381 e. The van der Waals surface area contributed by atoms with Crippen LogP contribution in [0.3, 0.4) is 0 Å². The van der Waals surface area contributed by atoms with Crippen LogP contribution < -0.4 is 5.32 Å². The molecule has 1 heteroatoms. The summed E-state index contributed by atoms with van der Waals surface area (Å²) in [5, 5.41) is 3.71. The average Bonchev–Trinajstić information content (AvgIpc) is 2.40. The van der Waals surface area contributed by atoms with Crippen LogP contribution in [0.4, 0.5) is 5.69 Å². The van der Waals surface area contributed by atoms with Crippen molar-refractivity contribution >= 4 is 5.69 Å². The van der Waals surface area contributed by atoms with Gasteiger partial charge in [-0.3, -0.25) is 0 Å². The van der Waals surface area contributed by atoms with Crippen molar-refractivity contribution in [1.82, 2.24) is 0 Å². The molecule has 0 radical (unpaired) electrons. The van der Waals surface area contributed by atoms with Gasteiger partial charge in [-0.2, -0.15) is 0 Å². The lowest BCUT2D eigenvalue weighted by atomic mass is 9.85. The number of anilines is 1. The third-order valence-corrected chi connectivity index (χ3v) is 4.13. The van der Waals surface area contributed by atoms with Crippen molar-refractivity contribution in [2.24, 2.45) is 5.92 Å². The minimum atomic E-state index is 0.539. The van der Waals surface area contributed by atoms with Crippen LogP contribution in [0.15, 0.2) is 48.5 Å². The van der Waals surface area contributed by atoms with E-state index in [9.17, 15) is 0 Å². The number of hydrogen-bond donors (Lipinski definition) is 1. The highest BCUT2D eigenvalue weighted by atomic mass is 14.9. The SMILES string of the molecule is Cc1cccc(CC2Nc3ccccc3CC2C)c1. The lowest BCUT2D eigenvalue weighted by Crippen LogP contribution is -2.35. The molecule has 2 atom stereocenters. The molecule has 3 rings (SSSR count). The Labute approximate surface area is 115 Å². The summed E-state index contributed by atoms with van der Waals surface area (Å²) in [5.74, 6) is 0.676. The number of hydrogen-bond acceptors (Lipinski definition) is 1. The second kappa shape index (κ2) is 5.08. The van der Waals surface area contributed by atoms with Crippen molar-refractivity contribution in [3.8, 4) is 0 Å². The fraction of sp³-hybridized carbons (Fsp3) is 0.333. The Balaban J connectivity index is 1.79. The van der Waals surface area contributed by atoms with Crippen LogP contribution in [-0.2, 0) is 12.8 Å². The Kier molecular flexibility index (Phi) is 3.29. The second-order valence-corrected chi connectivity index (χ2v) is 5.78. The molecular weight excluding hydrogens is 230 g/mol. The van der Waals surface area contributed by atoms with Crippen molar-refractivity contribution in [3.05, 3.63) is 65.2 Å².